The first-order chi connectivity index (χ1) is 12.7. The zero-order valence-electron chi connectivity index (χ0n) is 14.6. The first-order valence-electron chi connectivity index (χ1n) is 9.10. The summed E-state index contributed by atoms with van der Waals surface area (Å²) >= 11 is 0. The molecule has 2 aromatic rings. The lowest BCUT2D eigenvalue weighted by atomic mass is 10.00. The molecule has 0 saturated carbocycles. The van der Waals surface area contributed by atoms with Gasteiger partial charge < -0.3 is 10.2 Å². The van der Waals surface area contributed by atoms with Crippen LogP contribution in [0.1, 0.15) is 41.1 Å². The minimum atomic E-state index is -0.119. The molecule has 0 spiro atoms. The molecule has 2 aliphatic rings. The maximum absolute atomic E-state index is 12.8. The predicted molar refractivity (Wildman–Crippen MR) is 91.9 cm³/mol. The number of amides is 1. The van der Waals surface area contributed by atoms with E-state index >= 15 is 0 Å². The van der Waals surface area contributed by atoms with Crippen molar-refractivity contribution in [3.63, 3.8) is 0 Å². The highest BCUT2D eigenvalue weighted by Gasteiger charge is 2.24. The third kappa shape index (κ3) is 3.46. The Balaban J connectivity index is 1.44. The molecule has 0 bridgehead atoms. The van der Waals surface area contributed by atoms with Crippen molar-refractivity contribution in [1.82, 2.24) is 35.0 Å². The summed E-state index contributed by atoms with van der Waals surface area (Å²) < 4.78 is 3.60. The third-order valence-electron chi connectivity index (χ3n) is 5.02. The van der Waals surface area contributed by atoms with Crippen LogP contribution in [-0.2, 0) is 19.6 Å². The molecule has 0 unspecified atom stereocenters. The first-order valence-corrected chi connectivity index (χ1v) is 9.10. The van der Waals surface area contributed by atoms with Crippen molar-refractivity contribution in [2.24, 2.45) is 5.92 Å². The van der Waals surface area contributed by atoms with E-state index in [1.54, 1.807) is 21.8 Å². The van der Waals surface area contributed by atoms with Crippen LogP contribution >= 0.6 is 0 Å². The Morgan fingerprint density at radius 2 is 2.31 bits per heavy atom. The second-order valence-electron chi connectivity index (χ2n) is 6.97. The van der Waals surface area contributed by atoms with Crippen LogP contribution in [0.4, 0.5) is 0 Å². The van der Waals surface area contributed by atoms with Gasteiger partial charge in [0.1, 0.15) is 6.07 Å². The maximum atomic E-state index is 12.8. The quantitative estimate of drug-likeness (QED) is 0.855. The van der Waals surface area contributed by atoms with E-state index in [9.17, 15) is 4.79 Å². The standard InChI is InChI=1S/C17H22N8O/c18-8-14-7-15-11-23(5-2-6-25(15)21-14)17(26)16-12-24(22-20-16)10-13-3-1-4-19-9-13/h7,12-13,19H,1-6,9-11H2/t13-/m0/s1. The van der Waals surface area contributed by atoms with Crippen molar-refractivity contribution in [3.05, 3.63) is 29.3 Å². The molecule has 26 heavy (non-hydrogen) atoms. The van der Waals surface area contributed by atoms with Crippen molar-refractivity contribution in [2.45, 2.75) is 38.9 Å². The molecule has 1 fully saturated rings. The zero-order valence-corrected chi connectivity index (χ0v) is 14.6. The summed E-state index contributed by atoms with van der Waals surface area (Å²) in [6.07, 6.45) is 4.90. The van der Waals surface area contributed by atoms with Crippen LogP contribution in [-0.4, -0.2) is 55.2 Å². The number of carbonyl (C=O) groups is 1. The second-order valence-corrected chi connectivity index (χ2v) is 6.97. The lowest BCUT2D eigenvalue weighted by molar-refractivity contribution is 0.0739. The summed E-state index contributed by atoms with van der Waals surface area (Å²) in [7, 11) is 0. The Bertz CT molecular complexity index is 826. The molecule has 136 valence electrons. The van der Waals surface area contributed by atoms with E-state index in [1.165, 1.54) is 12.8 Å². The highest BCUT2D eigenvalue weighted by Crippen LogP contribution is 2.16. The van der Waals surface area contributed by atoms with Crippen molar-refractivity contribution >= 4 is 5.91 Å². The van der Waals surface area contributed by atoms with Crippen molar-refractivity contribution < 1.29 is 4.79 Å². The average Bonchev–Trinajstić information content (AvgIpc) is 3.23. The Kier molecular flexibility index (Phi) is 4.67. The number of nitriles is 1. The summed E-state index contributed by atoms with van der Waals surface area (Å²) in [5.41, 5.74) is 1.65. The molecule has 4 heterocycles. The molecular formula is C17H22N8O. The van der Waals surface area contributed by atoms with Gasteiger partial charge in [0.15, 0.2) is 11.4 Å². The number of aryl methyl sites for hydroxylation is 1. The van der Waals surface area contributed by atoms with E-state index in [2.05, 4.69) is 26.8 Å². The minimum absolute atomic E-state index is 0.119. The van der Waals surface area contributed by atoms with Crippen LogP contribution in [0.3, 0.4) is 0 Å². The van der Waals surface area contributed by atoms with E-state index in [0.717, 1.165) is 31.7 Å². The Morgan fingerprint density at radius 1 is 1.38 bits per heavy atom. The van der Waals surface area contributed by atoms with Gasteiger partial charge in [-0.25, -0.2) is 0 Å². The number of nitrogens with zero attached hydrogens (tertiary/aromatic N) is 7. The average molecular weight is 354 g/mol. The van der Waals surface area contributed by atoms with Crippen molar-refractivity contribution in [3.8, 4) is 6.07 Å². The van der Waals surface area contributed by atoms with Gasteiger partial charge in [0, 0.05) is 19.6 Å². The number of fused-ring (bicyclic) bond motifs is 1. The van der Waals surface area contributed by atoms with Gasteiger partial charge in [-0.05, 0) is 44.3 Å². The van der Waals surface area contributed by atoms with Gasteiger partial charge in [-0.3, -0.25) is 14.2 Å². The number of nitrogens with one attached hydrogen (secondary N) is 1. The highest BCUT2D eigenvalue weighted by molar-refractivity contribution is 5.91. The molecule has 2 aliphatic heterocycles. The topological polar surface area (TPSA) is 105 Å². The summed E-state index contributed by atoms with van der Waals surface area (Å²) in [5.74, 6) is 0.413. The van der Waals surface area contributed by atoms with Crippen LogP contribution in [0.15, 0.2) is 12.3 Å². The zero-order chi connectivity index (χ0) is 17.9. The fourth-order valence-corrected chi connectivity index (χ4v) is 3.68. The van der Waals surface area contributed by atoms with Gasteiger partial charge in [-0.15, -0.1) is 5.10 Å². The van der Waals surface area contributed by atoms with Gasteiger partial charge in [0.25, 0.3) is 5.91 Å². The molecular weight excluding hydrogens is 332 g/mol. The summed E-state index contributed by atoms with van der Waals surface area (Å²) in [6, 6.07) is 3.80. The molecule has 4 rings (SSSR count). The summed E-state index contributed by atoms with van der Waals surface area (Å²) in [6.45, 7) is 4.64. The van der Waals surface area contributed by atoms with E-state index in [0.29, 0.717) is 36.9 Å². The second kappa shape index (κ2) is 7.25. The first kappa shape index (κ1) is 16.7. The monoisotopic (exact) mass is 354 g/mol. The summed E-state index contributed by atoms with van der Waals surface area (Å²) in [5, 5.41) is 24.9. The van der Waals surface area contributed by atoms with Crippen LogP contribution < -0.4 is 5.32 Å². The number of hydrogen-bond donors (Lipinski definition) is 1. The van der Waals surface area contributed by atoms with E-state index in [-0.39, 0.29) is 5.91 Å². The van der Waals surface area contributed by atoms with Crippen LogP contribution in [0.2, 0.25) is 0 Å². The number of piperidine rings is 1. The van der Waals surface area contributed by atoms with E-state index in [4.69, 9.17) is 5.26 Å². The number of carbonyl (C=O) groups excluding carboxylic acids is 1. The molecule has 1 amide bonds. The molecule has 0 aliphatic carbocycles. The molecule has 2 aromatic heterocycles. The number of aromatic nitrogens is 5. The fraction of sp³-hybridized carbons (Fsp3) is 0.588. The van der Waals surface area contributed by atoms with Crippen molar-refractivity contribution in [2.75, 3.05) is 19.6 Å². The maximum Gasteiger partial charge on any atom is 0.276 e. The molecule has 9 nitrogen and oxygen atoms in total. The van der Waals surface area contributed by atoms with E-state index in [1.807, 2.05) is 4.68 Å². The fourth-order valence-electron chi connectivity index (χ4n) is 3.68. The Morgan fingerprint density at radius 3 is 3.12 bits per heavy atom. The third-order valence-corrected chi connectivity index (χ3v) is 5.02. The molecule has 9 heteroatoms. The lowest BCUT2D eigenvalue weighted by Gasteiger charge is -2.22. The SMILES string of the molecule is N#Cc1cc2n(n1)CCCN(C(=O)c1cn(C[C@H]3CCCNC3)nn1)C2. The molecule has 1 N–H and O–H groups in total. The minimum Gasteiger partial charge on any atom is -0.331 e. The predicted octanol–water partition coefficient (Wildman–Crippen LogP) is 0.392. The van der Waals surface area contributed by atoms with E-state index < -0.39 is 0 Å². The van der Waals surface area contributed by atoms with Crippen LogP contribution in [0, 0.1) is 17.2 Å². The molecule has 0 aromatic carbocycles. The Labute approximate surface area is 151 Å². The van der Waals surface area contributed by atoms with Gasteiger partial charge in [0.2, 0.25) is 0 Å². The van der Waals surface area contributed by atoms with Gasteiger partial charge >= 0.3 is 0 Å². The van der Waals surface area contributed by atoms with Crippen LogP contribution in [0.25, 0.3) is 0 Å². The van der Waals surface area contributed by atoms with Gasteiger partial charge in [0.05, 0.1) is 18.4 Å². The highest BCUT2D eigenvalue weighted by atomic mass is 16.2. The number of rotatable bonds is 3. The molecule has 1 atom stereocenters. The van der Waals surface area contributed by atoms with Gasteiger partial charge in [-0.1, -0.05) is 5.21 Å². The smallest absolute Gasteiger partial charge is 0.276 e. The van der Waals surface area contributed by atoms with Gasteiger partial charge in [-0.2, -0.15) is 10.4 Å². The largest absolute Gasteiger partial charge is 0.331 e. The van der Waals surface area contributed by atoms with Crippen LogP contribution in [0.5, 0.6) is 0 Å². The number of hydrogen-bond acceptors (Lipinski definition) is 6. The molecule has 0 radical (unpaired) electrons. The normalized spacial score (nSPS) is 20.3. The summed E-state index contributed by atoms with van der Waals surface area (Å²) in [4.78, 5) is 14.6. The lowest BCUT2D eigenvalue weighted by Crippen LogP contribution is -2.32. The Hall–Kier alpha value is -2.73. The van der Waals surface area contributed by atoms with Crippen molar-refractivity contribution in [1.29, 1.82) is 5.26 Å². The molecule has 1 saturated heterocycles.